The molecule has 0 spiro atoms. The van der Waals surface area contributed by atoms with E-state index in [9.17, 15) is 18.8 Å². The number of benzene rings is 3. The molecule has 42 heavy (non-hydrogen) atoms. The molecule has 0 bridgehead atoms. The fourth-order valence-corrected chi connectivity index (χ4v) is 5.26. The van der Waals surface area contributed by atoms with Crippen LogP contribution < -0.4 is 15.6 Å². The molecule has 0 aliphatic rings. The van der Waals surface area contributed by atoms with E-state index in [0.29, 0.717) is 21.5 Å². The Labute approximate surface area is 240 Å². The summed E-state index contributed by atoms with van der Waals surface area (Å²) in [6, 6.07) is 20.9. The van der Waals surface area contributed by atoms with Crippen molar-refractivity contribution in [1.29, 1.82) is 0 Å². The molecular weight excluding hydrogens is 562 g/mol. The molecular formula is C31H18F2N4O4S. The molecule has 1 N–H and O–H groups in total. The van der Waals surface area contributed by atoms with Crippen molar-refractivity contribution in [2.24, 2.45) is 0 Å². The summed E-state index contributed by atoms with van der Waals surface area (Å²) in [5.74, 6) is -1.67. The van der Waals surface area contributed by atoms with Crippen LogP contribution in [0.15, 0.2) is 102 Å². The van der Waals surface area contributed by atoms with E-state index in [0.717, 1.165) is 27.5 Å². The number of rotatable bonds is 7. The lowest BCUT2D eigenvalue weighted by Crippen LogP contribution is -2.29. The van der Waals surface area contributed by atoms with Gasteiger partial charge < -0.3 is 10.1 Å². The first-order valence-corrected chi connectivity index (χ1v) is 13.3. The summed E-state index contributed by atoms with van der Waals surface area (Å²) in [5.41, 5.74) is 1.57. The highest BCUT2D eigenvalue weighted by atomic mass is 32.1. The molecule has 3 heterocycles. The summed E-state index contributed by atoms with van der Waals surface area (Å²) in [6.45, 7) is 0. The molecule has 206 valence electrons. The molecule has 0 unspecified atom stereocenters. The van der Waals surface area contributed by atoms with Crippen molar-refractivity contribution in [2.75, 3.05) is 5.32 Å². The Bertz CT molecular complexity index is 2020. The van der Waals surface area contributed by atoms with Gasteiger partial charge in [-0.3, -0.25) is 19.4 Å². The largest absolute Gasteiger partial charge is 0.453 e. The van der Waals surface area contributed by atoms with Crippen LogP contribution in [0.4, 0.5) is 14.5 Å². The molecule has 0 radical (unpaired) electrons. The molecule has 1 amide bonds. The first-order chi connectivity index (χ1) is 20.4. The normalized spacial score (nSPS) is 10.9. The topological polar surface area (TPSA) is 103 Å². The fraction of sp³-hybridized carbons (Fsp3) is 0. The van der Waals surface area contributed by atoms with Crippen LogP contribution in [0.25, 0.3) is 26.3 Å². The highest BCUT2D eigenvalue weighted by molar-refractivity contribution is 7.22. The highest BCUT2D eigenvalue weighted by Gasteiger charge is 2.17. The molecule has 0 atom stereocenters. The second-order valence-electron chi connectivity index (χ2n) is 9.01. The number of carbonyl (C=O) groups is 2. The Morgan fingerprint density at radius 1 is 0.905 bits per heavy atom. The van der Waals surface area contributed by atoms with Gasteiger partial charge in [-0.1, -0.05) is 24.3 Å². The molecule has 0 saturated heterocycles. The third-order valence-corrected chi connectivity index (χ3v) is 7.47. The number of halogens is 2. The van der Waals surface area contributed by atoms with Crippen LogP contribution in [0.5, 0.6) is 11.5 Å². The monoisotopic (exact) mass is 580 g/mol. The van der Waals surface area contributed by atoms with Crippen molar-refractivity contribution >= 4 is 39.4 Å². The Hall–Kier alpha value is -5.55. The molecule has 3 aromatic heterocycles. The van der Waals surface area contributed by atoms with Crippen molar-refractivity contribution in [3.63, 3.8) is 0 Å². The summed E-state index contributed by atoms with van der Waals surface area (Å²) in [4.78, 5) is 42.0. The molecule has 11 heteroatoms. The van der Waals surface area contributed by atoms with Crippen molar-refractivity contribution in [1.82, 2.24) is 14.8 Å². The van der Waals surface area contributed by atoms with E-state index in [1.54, 1.807) is 24.4 Å². The van der Waals surface area contributed by atoms with Crippen LogP contribution in [0.1, 0.15) is 20.7 Å². The van der Waals surface area contributed by atoms with E-state index in [-0.39, 0.29) is 22.7 Å². The van der Waals surface area contributed by atoms with Crippen molar-refractivity contribution < 1.29 is 23.1 Å². The van der Waals surface area contributed by atoms with Gasteiger partial charge in [0, 0.05) is 40.7 Å². The number of fused-ring (bicyclic) bond motifs is 1. The molecule has 3 aromatic carbocycles. The van der Waals surface area contributed by atoms with Gasteiger partial charge in [-0.25, -0.2) is 8.78 Å². The number of hydrogen-bond donors (Lipinski definition) is 1. The zero-order chi connectivity index (χ0) is 29.2. The summed E-state index contributed by atoms with van der Waals surface area (Å²) in [6.07, 6.45) is 3.60. The molecule has 0 aliphatic heterocycles. The Kier molecular flexibility index (Phi) is 7.07. The number of aldehydes is 1. The number of amides is 1. The van der Waals surface area contributed by atoms with Crippen LogP contribution in [-0.2, 0) is 0 Å². The maximum absolute atomic E-state index is 15.1. The van der Waals surface area contributed by atoms with Crippen LogP contribution in [0, 0.1) is 11.6 Å². The molecule has 6 aromatic rings. The molecule has 6 rings (SSSR count). The lowest BCUT2D eigenvalue weighted by molar-refractivity contribution is 0.102. The van der Waals surface area contributed by atoms with Gasteiger partial charge >= 0.3 is 0 Å². The quantitative estimate of drug-likeness (QED) is 0.212. The third kappa shape index (κ3) is 5.28. The first kappa shape index (κ1) is 26.7. The van der Waals surface area contributed by atoms with Crippen molar-refractivity contribution in [3.05, 3.63) is 130 Å². The van der Waals surface area contributed by atoms with Gasteiger partial charge in [0.2, 0.25) is 0 Å². The molecule has 0 saturated carbocycles. The summed E-state index contributed by atoms with van der Waals surface area (Å²) < 4.78 is 35.9. The Balaban J connectivity index is 1.22. The van der Waals surface area contributed by atoms with E-state index >= 15 is 4.39 Å². The second kappa shape index (κ2) is 11.1. The number of nitrogens with zero attached hydrogens (tertiary/aromatic N) is 3. The fourth-order valence-electron chi connectivity index (χ4n) is 4.19. The van der Waals surface area contributed by atoms with Crippen LogP contribution in [0.2, 0.25) is 0 Å². The number of nitrogens with one attached hydrogen (secondary N) is 1. The number of ether oxygens (including phenoxy) is 1. The van der Waals surface area contributed by atoms with Gasteiger partial charge in [-0.15, -0.1) is 11.3 Å². The van der Waals surface area contributed by atoms with Crippen LogP contribution in [-0.4, -0.2) is 27.0 Å². The first-order valence-electron chi connectivity index (χ1n) is 12.5. The zero-order valence-electron chi connectivity index (χ0n) is 21.5. The number of carbonyl (C=O) groups excluding carboxylic acids is 2. The zero-order valence-corrected chi connectivity index (χ0v) is 22.3. The highest BCUT2D eigenvalue weighted by Crippen LogP contribution is 2.39. The minimum Gasteiger partial charge on any atom is -0.453 e. The predicted molar refractivity (Wildman–Crippen MR) is 155 cm³/mol. The number of hydrogen-bond acceptors (Lipinski definition) is 7. The summed E-state index contributed by atoms with van der Waals surface area (Å²) >= 11 is 1.42. The van der Waals surface area contributed by atoms with E-state index in [2.05, 4.69) is 15.4 Å². The van der Waals surface area contributed by atoms with Crippen molar-refractivity contribution in [3.8, 4) is 27.6 Å². The SMILES string of the molecule is O=Cc1ccc(-c2cc3nccc(Oc4ccc(NC(=O)c5ccnn(-c6ccc(F)cc6)c5=O)cc4F)c3s2)cc1. The minimum atomic E-state index is -0.769. The average molecular weight is 581 g/mol. The van der Waals surface area contributed by atoms with Crippen LogP contribution in [0.3, 0.4) is 0 Å². The van der Waals surface area contributed by atoms with Gasteiger partial charge in [0.15, 0.2) is 11.6 Å². The van der Waals surface area contributed by atoms with Gasteiger partial charge in [-0.2, -0.15) is 9.78 Å². The predicted octanol–water partition coefficient (Wildman–Crippen LogP) is 6.64. The van der Waals surface area contributed by atoms with E-state index in [4.69, 9.17) is 4.74 Å². The maximum atomic E-state index is 15.1. The number of thiophene rings is 1. The lowest BCUT2D eigenvalue weighted by Gasteiger charge is -2.10. The second-order valence-corrected chi connectivity index (χ2v) is 10.1. The van der Waals surface area contributed by atoms with Crippen LogP contribution >= 0.6 is 11.3 Å². The van der Waals surface area contributed by atoms with Gasteiger partial charge in [0.1, 0.15) is 23.4 Å². The number of anilines is 1. The van der Waals surface area contributed by atoms with Crippen molar-refractivity contribution in [2.45, 2.75) is 0 Å². The van der Waals surface area contributed by atoms with E-state index in [1.165, 1.54) is 60.0 Å². The number of aromatic nitrogens is 3. The third-order valence-electron chi connectivity index (χ3n) is 6.28. The summed E-state index contributed by atoms with van der Waals surface area (Å²) in [7, 11) is 0. The molecule has 0 aliphatic carbocycles. The molecule has 8 nitrogen and oxygen atoms in total. The van der Waals surface area contributed by atoms with E-state index in [1.807, 2.05) is 18.2 Å². The molecule has 0 fully saturated rings. The average Bonchev–Trinajstić information content (AvgIpc) is 3.45. The van der Waals surface area contributed by atoms with Gasteiger partial charge in [0.05, 0.1) is 15.9 Å². The standard InChI is InChI=1S/C31H18F2N4O4S/c32-20-5-8-22(9-6-20)37-31(40)23(11-14-35-37)30(39)36-21-7-10-26(24(33)15-21)41-27-12-13-34-25-16-28(42-29(25)27)19-3-1-18(17-38)2-4-19/h1-17H,(H,36,39). The van der Waals surface area contributed by atoms with Gasteiger partial charge in [-0.05, 0) is 54.1 Å². The summed E-state index contributed by atoms with van der Waals surface area (Å²) in [5, 5.41) is 6.46. The van der Waals surface area contributed by atoms with E-state index < -0.39 is 23.1 Å². The lowest BCUT2D eigenvalue weighted by atomic mass is 10.1. The smallest absolute Gasteiger partial charge is 0.284 e. The van der Waals surface area contributed by atoms with Gasteiger partial charge in [0.25, 0.3) is 11.5 Å². The number of pyridine rings is 1. The Morgan fingerprint density at radius 2 is 1.69 bits per heavy atom. The maximum Gasteiger partial charge on any atom is 0.284 e. The Morgan fingerprint density at radius 3 is 2.43 bits per heavy atom. The minimum absolute atomic E-state index is 0.0756.